The van der Waals surface area contributed by atoms with Gasteiger partial charge in [-0.3, -0.25) is 0 Å². The molecule has 3 aliphatic rings. The van der Waals surface area contributed by atoms with Gasteiger partial charge in [-0.25, -0.2) is 9.78 Å². The number of pyridine rings is 1. The Hall–Kier alpha value is -1.62. The van der Waals surface area contributed by atoms with Crippen molar-refractivity contribution in [3.05, 3.63) is 24.0 Å². The molecule has 4 rings (SSSR count). The van der Waals surface area contributed by atoms with Crippen molar-refractivity contribution in [3.8, 4) is 0 Å². The van der Waals surface area contributed by atoms with E-state index in [4.69, 9.17) is 5.11 Å². The molecule has 96 valence electrons. The minimum absolute atomic E-state index is 0.119. The zero-order chi connectivity index (χ0) is 12.5. The van der Waals surface area contributed by atoms with Gasteiger partial charge in [-0.1, -0.05) is 0 Å². The molecule has 0 spiro atoms. The van der Waals surface area contributed by atoms with E-state index in [1.807, 2.05) is 0 Å². The molecular weight excluding hydrogens is 230 g/mol. The van der Waals surface area contributed by atoms with Crippen molar-refractivity contribution < 1.29 is 9.90 Å². The van der Waals surface area contributed by atoms with Gasteiger partial charge in [0.1, 0.15) is 0 Å². The number of hydrogen-bond acceptors (Lipinski definition) is 4. The number of carboxylic acid groups (broad SMARTS) is 1. The first-order valence-corrected chi connectivity index (χ1v) is 6.41. The lowest BCUT2D eigenvalue weighted by atomic mass is 9.84. The molecule has 2 bridgehead atoms. The normalized spacial score (nSPS) is 30.1. The second-order valence-electron chi connectivity index (χ2n) is 5.09. The fourth-order valence-corrected chi connectivity index (χ4v) is 3.02. The number of nitrogens with one attached hydrogen (secondary N) is 1. The van der Waals surface area contributed by atoms with Crippen molar-refractivity contribution in [3.63, 3.8) is 0 Å². The van der Waals surface area contributed by atoms with E-state index in [0.29, 0.717) is 17.6 Å². The van der Waals surface area contributed by atoms with Crippen LogP contribution in [0.1, 0.15) is 23.3 Å². The summed E-state index contributed by atoms with van der Waals surface area (Å²) in [6.07, 6.45) is 3.94. The van der Waals surface area contributed by atoms with Crippen LogP contribution in [0.2, 0.25) is 0 Å². The van der Waals surface area contributed by atoms with Crippen LogP contribution in [0.15, 0.2) is 18.3 Å². The minimum atomic E-state index is -0.973. The van der Waals surface area contributed by atoms with Gasteiger partial charge in [-0.2, -0.15) is 0 Å². The Morgan fingerprint density at radius 1 is 1.44 bits per heavy atom. The van der Waals surface area contributed by atoms with Gasteiger partial charge in [0.25, 0.3) is 0 Å². The highest BCUT2D eigenvalue weighted by atomic mass is 16.4. The summed E-state index contributed by atoms with van der Waals surface area (Å²) in [5, 5.41) is 12.5. The van der Waals surface area contributed by atoms with Crippen molar-refractivity contribution in [2.45, 2.75) is 18.9 Å². The summed E-state index contributed by atoms with van der Waals surface area (Å²) in [4.78, 5) is 17.5. The molecule has 0 amide bonds. The molecule has 0 saturated carbocycles. The highest BCUT2D eigenvalue weighted by molar-refractivity contribution is 5.91. The molecule has 1 aromatic rings. The smallest absolute Gasteiger partial charge is 0.356 e. The standard InChI is InChI=1S/C13H17N3O2/c17-13(18)12-10(2-1-5-14-12)15-11-8-16-6-3-9(11)4-7-16/h1-2,5,9,11,15H,3-4,6-8H2,(H,17,18). The number of carboxylic acids is 1. The average molecular weight is 247 g/mol. The topological polar surface area (TPSA) is 65.5 Å². The molecule has 3 saturated heterocycles. The number of piperidine rings is 3. The molecule has 0 radical (unpaired) electrons. The van der Waals surface area contributed by atoms with Gasteiger partial charge >= 0.3 is 5.97 Å². The monoisotopic (exact) mass is 247 g/mol. The number of fused-ring (bicyclic) bond motifs is 3. The van der Waals surface area contributed by atoms with E-state index in [9.17, 15) is 4.79 Å². The molecule has 2 N–H and O–H groups in total. The van der Waals surface area contributed by atoms with Crippen molar-refractivity contribution >= 4 is 11.7 Å². The van der Waals surface area contributed by atoms with E-state index in [1.165, 1.54) is 32.1 Å². The first-order chi connectivity index (χ1) is 8.74. The molecule has 0 aromatic carbocycles. The third-order valence-corrected chi connectivity index (χ3v) is 4.01. The molecular formula is C13H17N3O2. The van der Waals surface area contributed by atoms with Gasteiger partial charge in [0.05, 0.1) is 5.69 Å². The predicted molar refractivity (Wildman–Crippen MR) is 67.8 cm³/mol. The largest absolute Gasteiger partial charge is 0.476 e. The minimum Gasteiger partial charge on any atom is -0.476 e. The Bertz CT molecular complexity index is 455. The van der Waals surface area contributed by atoms with E-state index in [0.717, 1.165) is 6.54 Å². The third-order valence-electron chi connectivity index (χ3n) is 4.01. The lowest BCUT2D eigenvalue weighted by molar-refractivity contribution is 0.0690. The number of nitrogens with zero attached hydrogens (tertiary/aromatic N) is 2. The van der Waals surface area contributed by atoms with Gasteiger partial charge in [0.15, 0.2) is 5.69 Å². The first-order valence-electron chi connectivity index (χ1n) is 6.41. The second kappa shape index (κ2) is 4.57. The third kappa shape index (κ3) is 2.06. The SMILES string of the molecule is O=C(O)c1ncccc1NC1CN2CCC1CC2. The summed E-state index contributed by atoms with van der Waals surface area (Å²) in [6, 6.07) is 3.93. The zero-order valence-electron chi connectivity index (χ0n) is 10.2. The Morgan fingerprint density at radius 2 is 2.22 bits per heavy atom. The number of aromatic nitrogens is 1. The fourth-order valence-electron chi connectivity index (χ4n) is 3.02. The first kappa shape index (κ1) is 11.5. The number of carbonyl (C=O) groups is 1. The second-order valence-corrected chi connectivity index (χ2v) is 5.09. The molecule has 5 nitrogen and oxygen atoms in total. The molecule has 0 aliphatic carbocycles. The van der Waals surface area contributed by atoms with Gasteiger partial charge in [-0.05, 0) is 44.0 Å². The van der Waals surface area contributed by atoms with Gasteiger partial charge in [0, 0.05) is 18.8 Å². The van der Waals surface area contributed by atoms with Crippen LogP contribution in [0.4, 0.5) is 5.69 Å². The quantitative estimate of drug-likeness (QED) is 0.842. The molecule has 18 heavy (non-hydrogen) atoms. The number of aromatic carboxylic acids is 1. The van der Waals surface area contributed by atoms with Gasteiger partial charge in [-0.15, -0.1) is 0 Å². The summed E-state index contributed by atoms with van der Waals surface area (Å²) >= 11 is 0. The summed E-state index contributed by atoms with van der Waals surface area (Å²) in [5.74, 6) is -0.309. The predicted octanol–water partition coefficient (Wildman–Crippen LogP) is 1.29. The summed E-state index contributed by atoms with van der Waals surface area (Å²) < 4.78 is 0. The fraction of sp³-hybridized carbons (Fsp3) is 0.538. The Kier molecular flexibility index (Phi) is 2.91. The van der Waals surface area contributed by atoms with E-state index in [2.05, 4.69) is 15.2 Å². The highest BCUT2D eigenvalue weighted by Gasteiger charge is 2.34. The van der Waals surface area contributed by atoms with Gasteiger partial charge in [0.2, 0.25) is 0 Å². The molecule has 1 atom stereocenters. The molecule has 5 heteroatoms. The van der Waals surface area contributed by atoms with Crippen LogP contribution in [0.3, 0.4) is 0 Å². The molecule has 3 aliphatic heterocycles. The van der Waals surface area contributed by atoms with Crippen LogP contribution in [0.5, 0.6) is 0 Å². The number of anilines is 1. The lowest BCUT2D eigenvalue weighted by Gasteiger charge is -2.45. The summed E-state index contributed by atoms with van der Waals surface area (Å²) in [6.45, 7) is 3.38. The van der Waals surface area contributed by atoms with Crippen molar-refractivity contribution in [2.24, 2.45) is 5.92 Å². The van der Waals surface area contributed by atoms with Crippen LogP contribution in [-0.4, -0.2) is 46.6 Å². The zero-order valence-corrected chi connectivity index (χ0v) is 10.2. The van der Waals surface area contributed by atoms with E-state index >= 15 is 0 Å². The van der Waals surface area contributed by atoms with E-state index in [1.54, 1.807) is 12.1 Å². The van der Waals surface area contributed by atoms with Crippen LogP contribution in [-0.2, 0) is 0 Å². The maximum absolute atomic E-state index is 11.1. The molecule has 4 heterocycles. The molecule has 1 aromatic heterocycles. The maximum atomic E-state index is 11.1. The lowest BCUT2D eigenvalue weighted by Crippen LogP contribution is -2.53. The molecule has 3 fully saturated rings. The Labute approximate surface area is 106 Å². The van der Waals surface area contributed by atoms with Crippen LogP contribution in [0, 0.1) is 5.92 Å². The van der Waals surface area contributed by atoms with Crippen molar-refractivity contribution in [1.29, 1.82) is 0 Å². The maximum Gasteiger partial charge on any atom is 0.356 e. The van der Waals surface area contributed by atoms with Gasteiger partial charge < -0.3 is 15.3 Å². The Balaban J connectivity index is 1.78. The van der Waals surface area contributed by atoms with E-state index < -0.39 is 5.97 Å². The van der Waals surface area contributed by atoms with Crippen molar-refractivity contribution in [2.75, 3.05) is 25.0 Å². The average Bonchev–Trinajstić information content (AvgIpc) is 2.40. The molecule has 1 unspecified atom stereocenters. The number of rotatable bonds is 3. The highest BCUT2D eigenvalue weighted by Crippen LogP contribution is 2.30. The van der Waals surface area contributed by atoms with Crippen LogP contribution in [0.25, 0.3) is 0 Å². The van der Waals surface area contributed by atoms with Crippen molar-refractivity contribution in [1.82, 2.24) is 9.88 Å². The number of hydrogen-bond donors (Lipinski definition) is 2. The Morgan fingerprint density at radius 3 is 2.83 bits per heavy atom. The summed E-state index contributed by atoms with van der Waals surface area (Å²) in [5.41, 5.74) is 0.762. The summed E-state index contributed by atoms with van der Waals surface area (Å²) in [7, 11) is 0. The van der Waals surface area contributed by atoms with Crippen LogP contribution < -0.4 is 5.32 Å². The van der Waals surface area contributed by atoms with Crippen LogP contribution >= 0.6 is 0 Å². The van der Waals surface area contributed by atoms with E-state index in [-0.39, 0.29) is 5.69 Å².